The van der Waals surface area contributed by atoms with Crippen molar-refractivity contribution in [3.05, 3.63) is 94.5 Å². The van der Waals surface area contributed by atoms with Gasteiger partial charge >= 0.3 is 0 Å². The highest BCUT2D eigenvalue weighted by Crippen LogP contribution is 2.29. The quantitative estimate of drug-likeness (QED) is 0.361. The summed E-state index contributed by atoms with van der Waals surface area (Å²) >= 11 is 1.37. The van der Waals surface area contributed by atoms with Crippen LogP contribution in [0.15, 0.2) is 82.7 Å². The van der Waals surface area contributed by atoms with E-state index in [1.165, 1.54) is 23.9 Å². The van der Waals surface area contributed by atoms with E-state index in [-0.39, 0.29) is 11.4 Å². The van der Waals surface area contributed by atoms with Crippen LogP contribution in [0.2, 0.25) is 0 Å². The first-order chi connectivity index (χ1) is 13.7. The van der Waals surface area contributed by atoms with Gasteiger partial charge in [-0.15, -0.1) is 0 Å². The average molecular weight is 392 g/mol. The van der Waals surface area contributed by atoms with Crippen LogP contribution < -0.4 is 10.3 Å². The largest absolute Gasteiger partial charge is 0.496 e. The SMILES string of the molecule is COc1ccc(F)cc1CSc1nc2ccccc2c(=O)n1-c1ccccc1. The van der Waals surface area contributed by atoms with Crippen LogP contribution in [0.5, 0.6) is 5.75 Å². The molecule has 0 saturated carbocycles. The Kier molecular flexibility index (Phi) is 5.12. The second kappa shape index (κ2) is 7.86. The average Bonchev–Trinajstić information content (AvgIpc) is 2.73. The number of aromatic nitrogens is 2. The predicted molar refractivity (Wildman–Crippen MR) is 110 cm³/mol. The van der Waals surface area contributed by atoms with Gasteiger partial charge in [0.2, 0.25) is 0 Å². The number of ether oxygens (including phenoxy) is 1. The van der Waals surface area contributed by atoms with Crippen LogP contribution >= 0.6 is 11.8 Å². The van der Waals surface area contributed by atoms with E-state index < -0.39 is 0 Å². The Morgan fingerprint density at radius 1 is 1.04 bits per heavy atom. The molecular formula is C22H17FN2O2S. The number of hydrogen-bond acceptors (Lipinski definition) is 4. The van der Waals surface area contributed by atoms with Crippen LogP contribution in [0.4, 0.5) is 4.39 Å². The third-order valence-electron chi connectivity index (χ3n) is 4.36. The van der Waals surface area contributed by atoms with Crippen molar-refractivity contribution in [3.8, 4) is 11.4 Å². The molecule has 4 rings (SSSR count). The molecule has 0 atom stereocenters. The molecule has 0 bridgehead atoms. The first-order valence-electron chi connectivity index (χ1n) is 8.70. The number of hydrogen-bond donors (Lipinski definition) is 0. The van der Waals surface area contributed by atoms with Gasteiger partial charge in [0.1, 0.15) is 11.6 Å². The molecule has 0 saturated heterocycles. The summed E-state index contributed by atoms with van der Waals surface area (Å²) in [6.45, 7) is 0. The number of benzene rings is 3. The zero-order valence-corrected chi connectivity index (χ0v) is 15.9. The molecule has 3 aromatic carbocycles. The van der Waals surface area contributed by atoms with Gasteiger partial charge in [0, 0.05) is 11.3 Å². The lowest BCUT2D eigenvalue weighted by Crippen LogP contribution is -2.21. The van der Waals surface area contributed by atoms with Gasteiger partial charge < -0.3 is 4.74 Å². The van der Waals surface area contributed by atoms with Gasteiger partial charge in [0.15, 0.2) is 5.16 Å². The van der Waals surface area contributed by atoms with Crippen molar-refractivity contribution in [1.82, 2.24) is 9.55 Å². The monoisotopic (exact) mass is 392 g/mol. The number of fused-ring (bicyclic) bond motifs is 1. The summed E-state index contributed by atoms with van der Waals surface area (Å²) in [4.78, 5) is 17.9. The molecule has 1 heterocycles. The van der Waals surface area contributed by atoms with Gasteiger partial charge in [0.25, 0.3) is 5.56 Å². The topological polar surface area (TPSA) is 44.1 Å². The highest BCUT2D eigenvalue weighted by molar-refractivity contribution is 7.98. The van der Waals surface area contributed by atoms with Crippen molar-refractivity contribution in [2.45, 2.75) is 10.9 Å². The third-order valence-corrected chi connectivity index (χ3v) is 5.35. The zero-order valence-electron chi connectivity index (χ0n) is 15.1. The van der Waals surface area contributed by atoms with Gasteiger partial charge in [0.05, 0.1) is 23.7 Å². The van der Waals surface area contributed by atoms with Crippen molar-refractivity contribution in [2.24, 2.45) is 0 Å². The summed E-state index contributed by atoms with van der Waals surface area (Å²) in [5.74, 6) is 0.685. The fraction of sp³-hybridized carbons (Fsp3) is 0.0909. The summed E-state index contributed by atoms with van der Waals surface area (Å²) in [6.07, 6.45) is 0. The van der Waals surface area contributed by atoms with E-state index in [1.807, 2.05) is 48.5 Å². The molecule has 0 fully saturated rings. The van der Waals surface area contributed by atoms with Crippen LogP contribution in [-0.4, -0.2) is 16.7 Å². The van der Waals surface area contributed by atoms with Crippen molar-refractivity contribution in [3.63, 3.8) is 0 Å². The number of para-hydroxylation sites is 2. The lowest BCUT2D eigenvalue weighted by Gasteiger charge is -2.14. The molecule has 6 heteroatoms. The van der Waals surface area contributed by atoms with Gasteiger partial charge in [-0.2, -0.15) is 0 Å². The molecule has 0 amide bonds. The summed E-state index contributed by atoms with van der Waals surface area (Å²) in [5.41, 5.74) is 1.94. The van der Waals surface area contributed by atoms with Crippen LogP contribution in [0.25, 0.3) is 16.6 Å². The molecule has 0 radical (unpaired) electrons. The molecule has 140 valence electrons. The number of thioether (sulfide) groups is 1. The van der Waals surface area contributed by atoms with Crippen molar-refractivity contribution in [1.29, 1.82) is 0 Å². The Hall–Kier alpha value is -3.12. The Balaban J connectivity index is 1.82. The maximum absolute atomic E-state index is 13.7. The van der Waals surface area contributed by atoms with Crippen LogP contribution in [-0.2, 0) is 5.75 Å². The third kappa shape index (κ3) is 3.51. The Labute approximate surface area is 165 Å². The number of rotatable bonds is 5. The molecule has 4 aromatic rings. The fourth-order valence-corrected chi connectivity index (χ4v) is 4.01. The molecule has 0 aliphatic carbocycles. The maximum Gasteiger partial charge on any atom is 0.266 e. The summed E-state index contributed by atoms with van der Waals surface area (Å²) < 4.78 is 20.6. The van der Waals surface area contributed by atoms with Crippen molar-refractivity contribution in [2.75, 3.05) is 7.11 Å². The Morgan fingerprint density at radius 2 is 1.79 bits per heavy atom. The van der Waals surface area contributed by atoms with Gasteiger partial charge in [-0.3, -0.25) is 9.36 Å². The number of halogens is 1. The van der Waals surface area contributed by atoms with Gasteiger partial charge in [-0.05, 0) is 42.5 Å². The van der Waals surface area contributed by atoms with E-state index >= 15 is 0 Å². The molecule has 1 aromatic heterocycles. The Bertz CT molecular complexity index is 1190. The van der Waals surface area contributed by atoms with Crippen LogP contribution in [0, 0.1) is 5.82 Å². The first kappa shape index (κ1) is 18.3. The first-order valence-corrected chi connectivity index (χ1v) is 9.68. The van der Waals surface area contributed by atoms with E-state index in [2.05, 4.69) is 0 Å². The standard InChI is InChI=1S/C22H17FN2O2S/c1-27-20-12-11-16(23)13-15(20)14-28-22-24-19-10-6-5-9-18(19)21(26)25(22)17-7-3-2-4-8-17/h2-13H,14H2,1H3. The minimum Gasteiger partial charge on any atom is -0.496 e. The van der Waals surface area contributed by atoms with Crippen molar-refractivity contribution < 1.29 is 9.13 Å². The Morgan fingerprint density at radius 3 is 2.57 bits per heavy atom. The second-order valence-corrected chi connectivity index (χ2v) is 7.07. The predicted octanol–water partition coefficient (Wildman–Crippen LogP) is 4.83. The zero-order chi connectivity index (χ0) is 19.5. The lowest BCUT2D eigenvalue weighted by atomic mass is 10.2. The molecule has 0 spiro atoms. The van der Waals surface area contributed by atoms with Gasteiger partial charge in [-0.1, -0.05) is 42.1 Å². The molecule has 0 unspecified atom stereocenters. The molecular weight excluding hydrogens is 375 g/mol. The number of nitrogens with zero attached hydrogens (tertiary/aromatic N) is 2. The minimum atomic E-state index is -0.330. The fourth-order valence-electron chi connectivity index (χ4n) is 3.02. The van der Waals surface area contributed by atoms with E-state index in [9.17, 15) is 9.18 Å². The van der Waals surface area contributed by atoms with E-state index in [0.29, 0.717) is 33.1 Å². The normalized spacial score (nSPS) is 10.9. The molecule has 28 heavy (non-hydrogen) atoms. The van der Waals surface area contributed by atoms with Crippen molar-refractivity contribution >= 4 is 22.7 Å². The summed E-state index contributed by atoms with van der Waals surface area (Å²) in [5, 5.41) is 1.10. The van der Waals surface area contributed by atoms with Crippen LogP contribution in [0.1, 0.15) is 5.56 Å². The summed E-state index contributed by atoms with van der Waals surface area (Å²) in [6, 6.07) is 21.1. The van der Waals surface area contributed by atoms with Gasteiger partial charge in [-0.25, -0.2) is 9.37 Å². The minimum absolute atomic E-state index is 0.134. The maximum atomic E-state index is 13.7. The van der Waals surface area contributed by atoms with E-state index in [4.69, 9.17) is 9.72 Å². The smallest absolute Gasteiger partial charge is 0.266 e. The molecule has 0 aliphatic heterocycles. The highest BCUT2D eigenvalue weighted by atomic mass is 32.2. The van der Waals surface area contributed by atoms with E-state index in [1.54, 1.807) is 23.8 Å². The molecule has 0 aliphatic rings. The summed E-state index contributed by atoms with van der Waals surface area (Å²) in [7, 11) is 1.55. The highest BCUT2D eigenvalue weighted by Gasteiger charge is 2.14. The van der Waals surface area contributed by atoms with E-state index in [0.717, 1.165) is 5.69 Å². The lowest BCUT2D eigenvalue weighted by molar-refractivity contribution is 0.410. The molecule has 0 N–H and O–H groups in total. The molecule has 4 nitrogen and oxygen atoms in total. The van der Waals surface area contributed by atoms with Crippen LogP contribution in [0.3, 0.4) is 0 Å². The number of methoxy groups -OCH3 is 1. The second-order valence-electron chi connectivity index (χ2n) is 6.13.